The topological polar surface area (TPSA) is 476 Å². The first-order valence-electron chi connectivity index (χ1n) is 24.4. The summed E-state index contributed by atoms with van der Waals surface area (Å²) >= 11 is 0. The first kappa shape index (κ1) is 63.1. The zero-order chi connectivity index (χ0) is 55.3. The number of halogens is 1. The minimum Gasteiger partial charge on any atom is -0.477 e. The Bertz CT molecular complexity index is 2160. The molecule has 27 nitrogen and oxygen atoms in total. The summed E-state index contributed by atoms with van der Waals surface area (Å²) in [5.41, 5.74) is 38.6. The summed E-state index contributed by atoms with van der Waals surface area (Å²) in [6.07, 6.45) is 2.15. The number of likely N-dealkylation sites (tertiary alicyclic amines) is 1. The van der Waals surface area contributed by atoms with Crippen LogP contribution in [0.1, 0.15) is 83.1 Å². The number of nitrogens with zero attached hydrogens (tertiary/aromatic N) is 3. The van der Waals surface area contributed by atoms with Gasteiger partial charge in [-0.2, -0.15) is 0 Å². The molecule has 1 saturated heterocycles. The van der Waals surface area contributed by atoms with Crippen molar-refractivity contribution in [1.82, 2.24) is 36.8 Å². The van der Waals surface area contributed by atoms with Gasteiger partial charge in [0.15, 0.2) is 5.96 Å². The minimum absolute atomic E-state index is 0.00890. The smallest absolute Gasteiger partial charge is 0.352 e. The number of benzene rings is 1. The number of carbonyl (C=O) groups is 9. The number of aliphatic hydroxyl groups excluding tert-OH is 1. The standard InChI is InChI=1S/C46H75FN16O11/c1-26(57-43(71)37(35(64)24-51)62-39(67)29(52)9-2-4-18-48)38(66)56-25-36(65)58-31(11-6-20-50)44(72)63-22-8-13-34(63)42(70)61-33(23-27-14-16-28(47)17-15-27)41(69)59-30(10-3-5-19-49)40(68)60-32(45(73)74)12-7-21-55-46(53)54/h12,14-17,26,29-30,33-35,37,64H,2-11,13,18-25,48-52H2,1H3,(H,56,66)(H,57,71)(H,59,69)(H,60,68)(H,61,70)(H,62,67)(H,73,74)(H4,53,54,55)/b32-12-,58-31?/t26-,29-,30-,33-,34-,35-,37-/m0/s1. The van der Waals surface area contributed by atoms with E-state index in [-0.39, 0.29) is 82.8 Å². The van der Waals surface area contributed by atoms with E-state index in [1.807, 2.05) is 0 Å². The summed E-state index contributed by atoms with van der Waals surface area (Å²) in [7, 11) is 0. The molecule has 412 valence electrons. The van der Waals surface area contributed by atoms with Crippen molar-refractivity contribution in [1.29, 1.82) is 0 Å². The Morgan fingerprint density at radius 3 is 2.07 bits per heavy atom. The second kappa shape index (κ2) is 33.7. The van der Waals surface area contributed by atoms with Crippen LogP contribution in [0.3, 0.4) is 0 Å². The van der Waals surface area contributed by atoms with Gasteiger partial charge in [-0.3, -0.25) is 43.3 Å². The van der Waals surface area contributed by atoms with E-state index in [4.69, 9.17) is 40.1 Å². The normalized spacial score (nSPS) is 16.1. The van der Waals surface area contributed by atoms with E-state index >= 15 is 0 Å². The second-order valence-electron chi connectivity index (χ2n) is 17.4. The van der Waals surface area contributed by atoms with Gasteiger partial charge >= 0.3 is 5.97 Å². The predicted molar refractivity (Wildman–Crippen MR) is 270 cm³/mol. The third-order valence-electron chi connectivity index (χ3n) is 11.4. The number of unbranched alkanes of at least 4 members (excludes halogenated alkanes) is 2. The largest absolute Gasteiger partial charge is 0.477 e. The molecule has 0 bridgehead atoms. The van der Waals surface area contributed by atoms with Crippen molar-refractivity contribution in [3.05, 3.63) is 47.4 Å². The molecule has 1 aromatic rings. The molecule has 1 heterocycles. The lowest BCUT2D eigenvalue weighted by molar-refractivity contribution is -0.137. The van der Waals surface area contributed by atoms with E-state index in [0.717, 1.165) is 12.1 Å². The maximum atomic E-state index is 14.2. The number of carboxylic acids is 1. The van der Waals surface area contributed by atoms with Crippen LogP contribution in [-0.2, 0) is 49.6 Å². The molecule has 7 atom stereocenters. The number of amides is 8. The van der Waals surface area contributed by atoms with Crippen LogP contribution in [0.5, 0.6) is 0 Å². The van der Waals surface area contributed by atoms with Gasteiger partial charge < -0.3 is 87.1 Å². The van der Waals surface area contributed by atoms with Crippen molar-refractivity contribution in [2.45, 2.75) is 126 Å². The summed E-state index contributed by atoms with van der Waals surface area (Å²) in [5, 5.41) is 34.7. The number of carboxylic acid groups (broad SMARTS) is 1. The van der Waals surface area contributed by atoms with Gasteiger partial charge in [-0.1, -0.05) is 24.6 Å². The summed E-state index contributed by atoms with van der Waals surface area (Å²) in [5.74, 6) is -9.21. The first-order valence-corrected chi connectivity index (χ1v) is 24.4. The molecular formula is C46H75FN16O11. The Hall–Kier alpha value is -6.98. The minimum atomic E-state index is -1.58. The number of aliphatic imine (C=N–C) groups is 2. The molecule has 1 fully saturated rings. The summed E-state index contributed by atoms with van der Waals surface area (Å²) < 4.78 is 13.9. The SMILES string of the molecule is C[C@H](NC(=O)[C@@H](NC(=O)[C@@H](N)CCCCN)[C@@H](O)CN)C(=O)NCC(=O)N=C(CCCN)C(=O)N1CCC[C@H]1C(=O)N[C@@H](Cc1ccc(F)cc1)C(=O)N[C@@H](CCCCN)C(=O)N/C(=C\CCN=C(N)N)C(=O)O. The molecular weight excluding hydrogens is 972 g/mol. The maximum absolute atomic E-state index is 14.2. The lowest BCUT2D eigenvalue weighted by atomic mass is 10.0. The van der Waals surface area contributed by atoms with Crippen LogP contribution in [0.2, 0.25) is 0 Å². The Morgan fingerprint density at radius 1 is 0.811 bits per heavy atom. The molecule has 0 spiro atoms. The average molecular weight is 1050 g/mol. The molecule has 0 aliphatic carbocycles. The maximum Gasteiger partial charge on any atom is 0.352 e. The van der Waals surface area contributed by atoms with Gasteiger partial charge in [0.1, 0.15) is 47.4 Å². The highest BCUT2D eigenvalue weighted by atomic mass is 19.1. The van der Waals surface area contributed by atoms with Gasteiger partial charge in [0.2, 0.25) is 35.4 Å². The lowest BCUT2D eigenvalue weighted by Gasteiger charge is -2.28. The molecule has 1 aliphatic rings. The van der Waals surface area contributed by atoms with Gasteiger partial charge in [-0.05, 0) is 108 Å². The van der Waals surface area contributed by atoms with Crippen molar-refractivity contribution in [2.75, 3.05) is 45.8 Å². The Labute approximate surface area is 428 Å². The highest BCUT2D eigenvalue weighted by Crippen LogP contribution is 2.20. The van der Waals surface area contributed by atoms with Gasteiger partial charge in [-0.15, -0.1) is 0 Å². The number of nitrogens with one attached hydrogen (secondary N) is 6. The van der Waals surface area contributed by atoms with Gasteiger partial charge in [0.25, 0.3) is 11.8 Å². The number of guanidine groups is 1. The number of aliphatic hydroxyl groups is 1. The number of nitrogens with two attached hydrogens (primary N) is 7. The van der Waals surface area contributed by atoms with Crippen molar-refractivity contribution < 1.29 is 57.8 Å². The summed E-state index contributed by atoms with van der Waals surface area (Å²) in [6.45, 7) is 0.866. The first-order chi connectivity index (χ1) is 35.2. The average Bonchev–Trinajstić information content (AvgIpc) is 3.87. The molecule has 1 aromatic carbocycles. The van der Waals surface area contributed by atoms with Crippen molar-refractivity contribution in [3.8, 4) is 0 Å². The molecule has 0 aromatic heterocycles. The monoisotopic (exact) mass is 1050 g/mol. The van der Waals surface area contributed by atoms with E-state index in [0.29, 0.717) is 44.2 Å². The Balaban J connectivity index is 2.30. The second-order valence-corrected chi connectivity index (χ2v) is 17.4. The van der Waals surface area contributed by atoms with Crippen LogP contribution >= 0.6 is 0 Å². The summed E-state index contributed by atoms with van der Waals surface area (Å²) in [4.78, 5) is 129. The Morgan fingerprint density at radius 2 is 1.46 bits per heavy atom. The highest BCUT2D eigenvalue weighted by molar-refractivity contribution is 6.40. The fraction of sp³-hybridized carbons (Fsp3) is 0.587. The Kier molecular flexibility index (Phi) is 28.7. The molecule has 22 N–H and O–H groups in total. The highest BCUT2D eigenvalue weighted by Gasteiger charge is 2.38. The number of carbonyl (C=O) groups excluding carboxylic acids is 8. The van der Waals surface area contributed by atoms with Crippen molar-refractivity contribution in [3.63, 3.8) is 0 Å². The van der Waals surface area contributed by atoms with Crippen LogP contribution in [0.4, 0.5) is 4.39 Å². The molecule has 28 heteroatoms. The fourth-order valence-electron chi connectivity index (χ4n) is 7.36. The van der Waals surface area contributed by atoms with Gasteiger partial charge in [0, 0.05) is 26.1 Å². The van der Waals surface area contributed by atoms with Crippen LogP contribution in [0.15, 0.2) is 46.0 Å². The molecule has 0 unspecified atom stereocenters. The van der Waals surface area contributed by atoms with E-state index < -0.39 is 120 Å². The van der Waals surface area contributed by atoms with Gasteiger partial charge in [0.05, 0.1) is 18.7 Å². The summed E-state index contributed by atoms with van der Waals surface area (Å²) in [6, 6.07) is -2.82. The predicted octanol–water partition coefficient (Wildman–Crippen LogP) is -5.21. The molecule has 74 heavy (non-hydrogen) atoms. The fourth-order valence-corrected chi connectivity index (χ4v) is 7.36. The quantitative estimate of drug-likeness (QED) is 0.0135. The number of rotatable bonds is 33. The number of hydrogen-bond donors (Lipinski definition) is 15. The van der Waals surface area contributed by atoms with Crippen LogP contribution in [0, 0.1) is 5.82 Å². The number of aliphatic carboxylic acids is 1. The van der Waals surface area contributed by atoms with Crippen molar-refractivity contribution >= 4 is 64.9 Å². The molecule has 1 aliphatic heterocycles. The van der Waals surface area contributed by atoms with Crippen LogP contribution in [0.25, 0.3) is 0 Å². The molecule has 0 saturated carbocycles. The third-order valence-corrected chi connectivity index (χ3v) is 11.4. The molecule has 8 amide bonds. The van der Waals surface area contributed by atoms with Crippen molar-refractivity contribution in [2.24, 2.45) is 50.1 Å². The lowest BCUT2D eigenvalue weighted by Crippen LogP contribution is -2.60. The zero-order valence-electron chi connectivity index (χ0n) is 41.7. The van der Waals surface area contributed by atoms with E-state index in [1.54, 1.807) is 0 Å². The van der Waals surface area contributed by atoms with Crippen LogP contribution < -0.4 is 72.0 Å². The van der Waals surface area contributed by atoms with E-state index in [1.165, 1.54) is 30.0 Å². The molecule has 2 rings (SSSR count). The van der Waals surface area contributed by atoms with Crippen LogP contribution in [-0.4, -0.2) is 168 Å². The van der Waals surface area contributed by atoms with E-state index in [9.17, 15) is 57.8 Å². The number of hydrogen-bond acceptors (Lipinski definition) is 16. The third kappa shape index (κ3) is 22.4. The zero-order valence-corrected chi connectivity index (χ0v) is 41.7. The molecule has 0 radical (unpaired) electrons. The van der Waals surface area contributed by atoms with E-state index in [2.05, 4.69) is 41.9 Å². The van der Waals surface area contributed by atoms with Gasteiger partial charge in [-0.25, -0.2) is 14.2 Å².